The zero-order valence-corrected chi connectivity index (χ0v) is 8.54. The van der Waals surface area contributed by atoms with Crippen LogP contribution in [0.25, 0.3) is 0 Å². The van der Waals surface area contributed by atoms with Gasteiger partial charge in [0.05, 0.1) is 0 Å². The van der Waals surface area contributed by atoms with Crippen molar-refractivity contribution in [3.8, 4) is 0 Å². The van der Waals surface area contributed by atoms with Gasteiger partial charge in [0.15, 0.2) is 0 Å². The second-order valence-electron chi connectivity index (χ2n) is 3.77. The van der Waals surface area contributed by atoms with Crippen LogP contribution in [0.3, 0.4) is 0 Å². The van der Waals surface area contributed by atoms with Crippen molar-refractivity contribution in [2.45, 2.75) is 44.9 Å². The maximum Gasteiger partial charge on any atom is 0.303 e. The molecule has 0 spiro atoms. The van der Waals surface area contributed by atoms with Crippen LogP contribution in [-0.2, 0) is 4.79 Å². The summed E-state index contributed by atoms with van der Waals surface area (Å²) in [6.45, 7) is 0. The summed E-state index contributed by atoms with van der Waals surface area (Å²) in [5.74, 6) is -0.673. The molecular formula is C12H18O2. The van der Waals surface area contributed by atoms with Crippen LogP contribution in [0, 0.1) is 0 Å². The molecule has 0 bridgehead atoms. The molecule has 1 aliphatic rings. The fourth-order valence-corrected chi connectivity index (χ4v) is 1.66. The van der Waals surface area contributed by atoms with E-state index in [2.05, 4.69) is 18.2 Å². The van der Waals surface area contributed by atoms with Gasteiger partial charge in [0.2, 0.25) is 0 Å². The van der Waals surface area contributed by atoms with Crippen LogP contribution in [0.5, 0.6) is 0 Å². The van der Waals surface area contributed by atoms with Gasteiger partial charge in [-0.3, -0.25) is 4.79 Å². The van der Waals surface area contributed by atoms with Gasteiger partial charge < -0.3 is 5.11 Å². The van der Waals surface area contributed by atoms with E-state index in [1.807, 2.05) is 0 Å². The molecule has 1 aliphatic carbocycles. The summed E-state index contributed by atoms with van der Waals surface area (Å²) in [5.41, 5.74) is 1.52. The Hall–Kier alpha value is -1.05. The molecule has 0 radical (unpaired) electrons. The van der Waals surface area contributed by atoms with Gasteiger partial charge in [-0.2, -0.15) is 0 Å². The van der Waals surface area contributed by atoms with E-state index in [1.165, 1.54) is 18.4 Å². The molecule has 0 atom stereocenters. The Morgan fingerprint density at radius 1 is 1.29 bits per heavy atom. The molecule has 0 unspecified atom stereocenters. The molecule has 1 rings (SSSR count). The van der Waals surface area contributed by atoms with Crippen LogP contribution < -0.4 is 0 Å². The average molecular weight is 194 g/mol. The third-order valence-corrected chi connectivity index (χ3v) is 2.49. The molecule has 2 heteroatoms. The number of hydrogen-bond acceptors (Lipinski definition) is 1. The summed E-state index contributed by atoms with van der Waals surface area (Å²) < 4.78 is 0. The average Bonchev–Trinajstić information content (AvgIpc) is 2.63. The lowest BCUT2D eigenvalue weighted by atomic mass is 10.1. The summed E-state index contributed by atoms with van der Waals surface area (Å²) in [5, 5.41) is 8.43. The second-order valence-corrected chi connectivity index (χ2v) is 3.77. The van der Waals surface area contributed by atoms with Crippen molar-refractivity contribution in [3.63, 3.8) is 0 Å². The SMILES string of the molecule is O=C(O)CCCCCCC1=CC=CC1. The molecule has 0 aliphatic heterocycles. The highest BCUT2D eigenvalue weighted by atomic mass is 16.4. The zero-order chi connectivity index (χ0) is 10.2. The highest BCUT2D eigenvalue weighted by Crippen LogP contribution is 2.18. The lowest BCUT2D eigenvalue weighted by molar-refractivity contribution is -0.137. The second kappa shape index (κ2) is 6.41. The van der Waals surface area contributed by atoms with Crippen LogP contribution >= 0.6 is 0 Å². The molecule has 78 valence electrons. The number of unbranched alkanes of at least 4 members (excludes halogenated alkanes) is 3. The van der Waals surface area contributed by atoms with Crippen LogP contribution in [-0.4, -0.2) is 11.1 Å². The van der Waals surface area contributed by atoms with Crippen molar-refractivity contribution in [2.75, 3.05) is 0 Å². The topological polar surface area (TPSA) is 37.3 Å². The Kier molecular flexibility index (Phi) is 5.05. The Balaban J connectivity index is 1.87. The van der Waals surface area contributed by atoms with Crippen LogP contribution in [0.15, 0.2) is 23.8 Å². The first-order valence-electron chi connectivity index (χ1n) is 5.35. The van der Waals surface area contributed by atoms with Crippen LogP contribution in [0.4, 0.5) is 0 Å². The van der Waals surface area contributed by atoms with E-state index in [4.69, 9.17) is 5.11 Å². The minimum Gasteiger partial charge on any atom is -0.481 e. The van der Waals surface area contributed by atoms with Crippen molar-refractivity contribution in [1.82, 2.24) is 0 Å². The van der Waals surface area contributed by atoms with Crippen molar-refractivity contribution in [1.29, 1.82) is 0 Å². The number of allylic oxidation sites excluding steroid dienone is 4. The molecule has 1 N–H and O–H groups in total. The first kappa shape index (κ1) is 11.0. The molecule has 0 aromatic carbocycles. The van der Waals surface area contributed by atoms with Crippen molar-refractivity contribution < 1.29 is 9.90 Å². The summed E-state index contributed by atoms with van der Waals surface area (Å²) in [6, 6.07) is 0. The molecule has 0 aromatic heterocycles. The lowest BCUT2D eigenvalue weighted by Crippen LogP contribution is -1.93. The van der Waals surface area contributed by atoms with Gasteiger partial charge in [-0.05, 0) is 25.7 Å². The van der Waals surface area contributed by atoms with Crippen LogP contribution in [0.2, 0.25) is 0 Å². The monoisotopic (exact) mass is 194 g/mol. The molecular weight excluding hydrogens is 176 g/mol. The summed E-state index contributed by atoms with van der Waals surface area (Å²) in [7, 11) is 0. The van der Waals surface area contributed by atoms with Crippen molar-refractivity contribution in [2.24, 2.45) is 0 Å². The maximum absolute atomic E-state index is 10.2. The van der Waals surface area contributed by atoms with Gasteiger partial charge in [0.25, 0.3) is 0 Å². The van der Waals surface area contributed by atoms with E-state index in [-0.39, 0.29) is 0 Å². The fraction of sp³-hybridized carbons (Fsp3) is 0.583. The molecule has 0 heterocycles. The predicted octanol–water partition coefficient (Wildman–Crippen LogP) is 3.30. The van der Waals surface area contributed by atoms with Gasteiger partial charge in [0.1, 0.15) is 0 Å². The minimum absolute atomic E-state index is 0.324. The third kappa shape index (κ3) is 4.85. The Labute approximate surface area is 85.3 Å². The van der Waals surface area contributed by atoms with E-state index in [1.54, 1.807) is 0 Å². The molecule has 0 saturated carbocycles. The molecule has 0 fully saturated rings. The first-order valence-corrected chi connectivity index (χ1v) is 5.35. The smallest absolute Gasteiger partial charge is 0.303 e. The molecule has 0 saturated heterocycles. The molecule has 0 aromatic rings. The molecule has 14 heavy (non-hydrogen) atoms. The number of carboxylic acid groups (broad SMARTS) is 1. The number of carboxylic acids is 1. The van der Waals surface area contributed by atoms with E-state index >= 15 is 0 Å². The van der Waals surface area contributed by atoms with Crippen molar-refractivity contribution in [3.05, 3.63) is 23.8 Å². The first-order chi connectivity index (χ1) is 6.79. The lowest BCUT2D eigenvalue weighted by Gasteiger charge is -2.01. The van der Waals surface area contributed by atoms with Gasteiger partial charge in [-0.25, -0.2) is 0 Å². The number of aliphatic carboxylic acids is 1. The van der Waals surface area contributed by atoms with Gasteiger partial charge >= 0.3 is 5.97 Å². The van der Waals surface area contributed by atoms with Crippen LogP contribution in [0.1, 0.15) is 44.9 Å². The largest absolute Gasteiger partial charge is 0.481 e. The summed E-state index contributed by atoms with van der Waals surface area (Å²) in [4.78, 5) is 10.2. The zero-order valence-electron chi connectivity index (χ0n) is 8.54. The number of carbonyl (C=O) groups is 1. The third-order valence-electron chi connectivity index (χ3n) is 2.49. The Morgan fingerprint density at radius 2 is 2.07 bits per heavy atom. The van der Waals surface area contributed by atoms with Gasteiger partial charge in [0, 0.05) is 6.42 Å². The van der Waals surface area contributed by atoms with E-state index in [0.717, 1.165) is 25.7 Å². The highest BCUT2D eigenvalue weighted by Gasteiger charge is 2.00. The highest BCUT2D eigenvalue weighted by molar-refractivity contribution is 5.66. The minimum atomic E-state index is -0.673. The van der Waals surface area contributed by atoms with E-state index < -0.39 is 5.97 Å². The molecule has 2 nitrogen and oxygen atoms in total. The normalized spacial score (nSPS) is 14.4. The van der Waals surface area contributed by atoms with Gasteiger partial charge in [-0.15, -0.1) is 0 Å². The number of rotatable bonds is 7. The van der Waals surface area contributed by atoms with E-state index in [0.29, 0.717) is 6.42 Å². The van der Waals surface area contributed by atoms with Gasteiger partial charge in [-0.1, -0.05) is 36.6 Å². The summed E-state index contributed by atoms with van der Waals surface area (Å²) >= 11 is 0. The standard InChI is InChI=1S/C12H18O2/c13-12(14)10-4-2-1-3-7-11-8-5-6-9-11/h5-6,8H,1-4,7,9-10H2,(H,13,14). The predicted molar refractivity (Wildman–Crippen MR) is 57.2 cm³/mol. The summed E-state index contributed by atoms with van der Waals surface area (Å²) in [6.07, 6.45) is 13.3. The fourth-order valence-electron chi connectivity index (χ4n) is 1.66. The quantitative estimate of drug-likeness (QED) is 0.631. The molecule has 0 amide bonds. The number of hydrogen-bond donors (Lipinski definition) is 1. The van der Waals surface area contributed by atoms with Crippen molar-refractivity contribution >= 4 is 5.97 Å². The Morgan fingerprint density at radius 3 is 2.71 bits per heavy atom. The maximum atomic E-state index is 10.2. The Bertz CT molecular complexity index is 239. The van der Waals surface area contributed by atoms with E-state index in [9.17, 15) is 4.79 Å².